The van der Waals surface area contributed by atoms with Gasteiger partial charge >= 0.3 is 0 Å². The van der Waals surface area contributed by atoms with Crippen LogP contribution in [-0.4, -0.2) is 25.9 Å². The molecule has 0 saturated heterocycles. The predicted molar refractivity (Wildman–Crippen MR) is 60.3 cm³/mol. The third-order valence-corrected chi connectivity index (χ3v) is 3.24. The zero-order chi connectivity index (χ0) is 11.3. The van der Waals surface area contributed by atoms with Gasteiger partial charge in [0.25, 0.3) is 0 Å². The summed E-state index contributed by atoms with van der Waals surface area (Å²) in [4.78, 5) is 0. The first-order chi connectivity index (χ1) is 7.07. The van der Waals surface area contributed by atoms with Gasteiger partial charge in [0.05, 0.1) is 12.4 Å². The maximum absolute atomic E-state index is 11.3. The SMILES string of the molecule is CCc1cccc(NS(=O)(=O)CCO)c1. The number of aryl methyl sites for hydroxylation is 1. The molecule has 0 amide bonds. The summed E-state index contributed by atoms with van der Waals surface area (Å²) in [7, 11) is -3.41. The van der Waals surface area contributed by atoms with Gasteiger partial charge in [0, 0.05) is 5.69 Å². The summed E-state index contributed by atoms with van der Waals surface area (Å²) < 4.78 is 25.1. The van der Waals surface area contributed by atoms with Crippen LogP contribution in [0.4, 0.5) is 5.69 Å². The molecule has 0 aliphatic rings. The summed E-state index contributed by atoms with van der Waals surface area (Å²) in [6.45, 7) is 1.63. The molecule has 0 bridgehead atoms. The molecule has 1 rings (SSSR count). The molecular weight excluding hydrogens is 214 g/mol. The fourth-order valence-corrected chi connectivity index (χ4v) is 2.03. The number of sulfonamides is 1. The lowest BCUT2D eigenvalue weighted by molar-refractivity contribution is 0.320. The topological polar surface area (TPSA) is 66.4 Å². The summed E-state index contributed by atoms with van der Waals surface area (Å²) in [6.07, 6.45) is 0.857. The molecular formula is C10H15NO3S. The number of hydrogen-bond acceptors (Lipinski definition) is 3. The number of rotatable bonds is 5. The smallest absolute Gasteiger partial charge is 0.234 e. The molecule has 0 spiro atoms. The van der Waals surface area contributed by atoms with E-state index in [1.165, 1.54) is 0 Å². The van der Waals surface area contributed by atoms with Crippen LogP contribution in [0.3, 0.4) is 0 Å². The van der Waals surface area contributed by atoms with Gasteiger partial charge in [0.2, 0.25) is 10.0 Å². The molecule has 0 radical (unpaired) electrons. The van der Waals surface area contributed by atoms with Crippen molar-refractivity contribution >= 4 is 15.7 Å². The van der Waals surface area contributed by atoms with E-state index < -0.39 is 10.0 Å². The number of hydrogen-bond donors (Lipinski definition) is 2. The van der Waals surface area contributed by atoms with E-state index in [1.54, 1.807) is 18.2 Å². The normalized spacial score (nSPS) is 11.3. The number of aliphatic hydroxyl groups is 1. The number of aliphatic hydroxyl groups excluding tert-OH is 1. The highest BCUT2D eigenvalue weighted by Gasteiger charge is 2.08. The van der Waals surface area contributed by atoms with Crippen LogP contribution in [-0.2, 0) is 16.4 Å². The highest BCUT2D eigenvalue weighted by Crippen LogP contribution is 2.12. The van der Waals surface area contributed by atoms with Crippen molar-refractivity contribution in [2.24, 2.45) is 0 Å². The molecule has 5 heteroatoms. The van der Waals surface area contributed by atoms with Gasteiger partial charge in [-0.25, -0.2) is 8.42 Å². The van der Waals surface area contributed by atoms with Crippen LogP contribution >= 0.6 is 0 Å². The van der Waals surface area contributed by atoms with Gasteiger partial charge in [-0.3, -0.25) is 4.72 Å². The molecule has 2 N–H and O–H groups in total. The fourth-order valence-electron chi connectivity index (χ4n) is 1.21. The van der Waals surface area contributed by atoms with Gasteiger partial charge in [-0.2, -0.15) is 0 Å². The van der Waals surface area contributed by atoms with Crippen LogP contribution in [0.25, 0.3) is 0 Å². The second-order valence-electron chi connectivity index (χ2n) is 3.20. The predicted octanol–water partition coefficient (Wildman–Crippen LogP) is 0.983. The van der Waals surface area contributed by atoms with Crippen molar-refractivity contribution in [2.45, 2.75) is 13.3 Å². The highest BCUT2D eigenvalue weighted by atomic mass is 32.2. The van der Waals surface area contributed by atoms with Crippen molar-refractivity contribution in [2.75, 3.05) is 17.1 Å². The molecule has 0 heterocycles. The molecule has 1 aromatic rings. The van der Waals surface area contributed by atoms with E-state index in [1.807, 2.05) is 13.0 Å². The first-order valence-corrected chi connectivity index (χ1v) is 6.43. The second kappa shape index (κ2) is 5.14. The van der Waals surface area contributed by atoms with Crippen LogP contribution in [0.5, 0.6) is 0 Å². The van der Waals surface area contributed by atoms with Crippen LogP contribution in [0.2, 0.25) is 0 Å². The second-order valence-corrected chi connectivity index (χ2v) is 5.04. The largest absolute Gasteiger partial charge is 0.395 e. The van der Waals surface area contributed by atoms with E-state index in [0.29, 0.717) is 5.69 Å². The Hall–Kier alpha value is -1.07. The number of nitrogens with one attached hydrogen (secondary N) is 1. The molecule has 0 unspecified atom stereocenters. The Morgan fingerprint density at radius 2 is 2.13 bits per heavy atom. The summed E-state index contributed by atoms with van der Waals surface area (Å²) in [5.41, 5.74) is 1.61. The average Bonchev–Trinajstić information content (AvgIpc) is 2.17. The molecule has 4 nitrogen and oxygen atoms in total. The van der Waals surface area contributed by atoms with E-state index in [4.69, 9.17) is 5.11 Å². The zero-order valence-electron chi connectivity index (χ0n) is 8.60. The summed E-state index contributed by atoms with van der Waals surface area (Å²) in [5, 5.41) is 8.56. The van der Waals surface area contributed by atoms with E-state index in [0.717, 1.165) is 12.0 Å². The Labute approximate surface area is 90.0 Å². The lowest BCUT2D eigenvalue weighted by atomic mass is 10.1. The van der Waals surface area contributed by atoms with Crippen molar-refractivity contribution in [1.29, 1.82) is 0 Å². The van der Waals surface area contributed by atoms with E-state index in [-0.39, 0.29) is 12.4 Å². The standard InChI is InChI=1S/C10H15NO3S/c1-2-9-4-3-5-10(8-9)11-15(13,14)7-6-12/h3-5,8,11-12H,2,6-7H2,1H3. The van der Waals surface area contributed by atoms with Crippen LogP contribution < -0.4 is 4.72 Å². The summed E-state index contributed by atoms with van der Waals surface area (Å²) >= 11 is 0. The maximum atomic E-state index is 11.3. The average molecular weight is 229 g/mol. The van der Waals surface area contributed by atoms with Crippen molar-refractivity contribution in [3.63, 3.8) is 0 Å². The maximum Gasteiger partial charge on any atom is 0.234 e. The van der Waals surface area contributed by atoms with Gasteiger partial charge in [-0.05, 0) is 24.1 Å². The molecule has 0 fully saturated rings. The van der Waals surface area contributed by atoms with Gasteiger partial charge in [-0.1, -0.05) is 19.1 Å². The molecule has 0 saturated carbocycles. The quantitative estimate of drug-likeness (QED) is 0.791. The fraction of sp³-hybridized carbons (Fsp3) is 0.400. The first kappa shape index (κ1) is 12.0. The molecule has 0 aliphatic heterocycles. The van der Waals surface area contributed by atoms with Gasteiger partial charge in [0.15, 0.2) is 0 Å². The number of benzene rings is 1. The van der Waals surface area contributed by atoms with Crippen molar-refractivity contribution in [1.82, 2.24) is 0 Å². The minimum atomic E-state index is -3.41. The van der Waals surface area contributed by atoms with Crippen molar-refractivity contribution < 1.29 is 13.5 Å². The summed E-state index contributed by atoms with van der Waals surface area (Å²) in [6, 6.07) is 7.21. The van der Waals surface area contributed by atoms with Crippen molar-refractivity contribution in [3.05, 3.63) is 29.8 Å². The van der Waals surface area contributed by atoms with E-state index in [9.17, 15) is 8.42 Å². The van der Waals surface area contributed by atoms with Crippen LogP contribution in [0, 0.1) is 0 Å². The van der Waals surface area contributed by atoms with E-state index >= 15 is 0 Å². The van der Waals surface area contributed by atoms with E-state index in [2.05, 4.69) is 4.72 Å². The Balaban J connectivity index is 2.80. The van der Waals surface area contributed by atoms with Gasteiger partial charge in [-0.15, -0.1) is 0 Å². The third-order valence-electron chi connectivity index (χ3n) is 1.97. The summed E-state index contributed by atoms with van der Waals surface area (Å²) in [5.74, 6) is -0.274. The zero-order valence-corrected chi connectivity index (χ0v) is 9.42. The van der Waals surface area contributed by atoms with Crippen LogP contribution in [0.1, 0.15) is 12.5 Å². The lowest BCUT2D eigenvalue weighted by Crippen LogP contribution is -2.18. The minimum Gasteiger partial charge on any atom is -0.395 e. The molecule has 1 aromatic carbocycles. The van der Waals surface area contributed by atoms with Crippen LogP contribution in [0.15, 0.2) is 24.3 Å². The minimum absolute atomic E-state index is 0.274. The first-order valence-electron chi connectivity index (χ1n) is 4.77. The molecule has 84 valence electrons. The highest BCUT2D eigenvalue weighted by molar-refractivity contribution is 7.92. The Bertz CT molecular complexity index is 414. The van der Waals surface area contributed by atoms with Gasteiger partial charge in [0.1, 0.15) is 0 Å². The Morgan fingerprint density at radius 3 is 2.73 bits per heavy atom. The lowest BCUT2D eigenvalue weighted by Gasteiger charge is -2.07. The third kappa shape index (κ3) is 3.89. The molecule has 0 atom stereocenters. The molecule has 0 aromatic heterocycles. The van der Waals surface area contributed by atoms with Crippen molar-refractivity contribution in [3.8, 4) is 0 Å². The Morgan fingerprint density at radius 1 is 1.40 bits per heavy atom. The Kier molecular flexibility index (Phi) is 4.11. The monoisotopic (exact) mass is 229 g/mol. The molecule has 0 aliphatic carbocycles. The van der Waals surface area contributed by atoms with Gasteiger partial charge < -0.3 is 5.11 Å². The molecule has 15 heavy (non-hydrogen) atoms. The number of anilines is 1.